The fraction of sp³-hybridized carbons (Fsp3) is 0.333. The normalized spacial score (nSPS) is 15.8. The summed E-state index contributed by atoms with van der Waals surface area (Å²) in [6.07, 6.45) is -4.09. The average molecular weight is 406 g/mol. The molecule has 0 saturated heterocycles. The first kappa shape index (κ1) is 20.7. The number of hydrogen-bond donors (Lipinski definition) is 0. The van der Waals surface area contributed by atoms with E-state index in [1.54, 1.807) is 18.2 Å². The molecule has 0 unspecified atom stereocenters. The molecule has 3 rings (SSSR count). The third-order valence-electron chi connectivity index (χ3n) is 4.74. The summed E-state index contributed by atoms with van der Waals surface area (Å²) >= 11 is 0. The topological polar surface area (TPSA) is 51.1 Å². The van der Waals surface area contributed by atoms with E-state index in [1.165, 1.54) is 31.4 Å². The van der Waals surface area contributed by atoms with Crippen molar-refractivity contribution in [2.75, 3.05) is 14.2 Å². The van der Waals surface area contributed by atoms with E-state index in [1.807, 2.05) is 13.8 Å². The average Bonchev–Trinajstić information content (AvgIpc) is 3.01. The Hall–Kier alpha value is -3.03. The Labute approximate surface area is 166 Å². The molecule has 0 atom stereocenters. The molecule has 8 heteroatoms. The van der Waals surface area contributed by atoms with Gasteiger partial charge in [0.05, 0.1) is 31.0 Å². The predicted octanol–water partition coefficient (Wildman–Crippen LogP) is 4.75. The van der Waals surface area contributed by atoms with Gasteiger partial charge >= 0.3 is 6.18 Å². The van der Waals surface area contributed by atoms with Gasteiger partial charge in [-0.1, -0.05) is 6.07 Å². The fourth-order valence-electron chi connectivity index (χ4n) is 3.22. The van der Waals surface area contributed by atoms with Crippen LogP contribution in [0.15, 0.2) is 47.6 Å². The van der Waals surface area contributed by atoms with Crippen molar-refractivity contribution >= 4 is 11.6 Å². The Morgan fingerprint density at radius 1 is 1.07 bits per heavy atom. The minimum atomic E-state index is -4.52. The number of rotatable bonds is 4. The summed E-state index contributed by atoms with van der Waals surface area (Å²) in [6, 6.07) is 9.66. The largest absolute Gasteiger partial charge is 0.493 e. The lowest BCUT2D eigenvalue weighted by molar-refractivity contribution is -0.137. The number of halogens is 3. The maximum absolute atomic E-state index is 13.0. The second-order valence-corrected chi connectivity index (χ2v) is 7.30. The number of carbonyl (C=O) groups excluding carboxylic acids is 1. The number of carbonyl (C=O) groups is 1. The molecule has 0 radical (unpaired) electrons. The van der Waals surface area contributed by atoms with Crippen molar-refractivity contribution in [3.63, 3.8) is 0 Å². The van der Waals surface area contributed by atoms with Crippen molar-refractivity contribution in [1.82, 2.24) is 5.01 Å². The highest BCUT2D eigenvalue weighted by atomic mass is 19.4. The quantitative estimate of drug-likeness (QED) is 0.736. The zero-order valence-corrected chi connectivity index (χ0v) is 16.5. The minimum Gasteiger partial charge on any atom is -0.493 e. The monoisotopic (exact) mass is 406 g/mol. The van der Waals surface area contributed by atoms with Crippen LogP contribution in [0.25, 0.3) is 0 Å². The Morgan fingerprint density at radius 3 is 2.38 bits per heavy atom. The highest BCUT2D eigenvalue weighted by Crippen LogP contribution is 2.35. The Balaban J connectivity index is 1.96. The molecular formula is C21H21F3N2O3. The van der Waals surface area contributed by atoms with Gasteiger partial charge in [0.25, 0.3) is 5.91 Å². The van der Waals surface area contributed by atoms with E-state index in [2.05, 4.69) is 5.10 Å². The van der Waals surface area contributed by atoms with E-state index in [0.717, 1.165) is 17.7 Å². The number of methoxy groups -OCH3 is 2. The van der Waals surface area contributed by atoms with Crippen LogP contribution in [0.1, 0.15) is 41.8 Å². The molecule has 2 aromatic rings. The Bertz CT molecular complexity index is 968. The lowest BCUT2D eigenvalue weighted by Crippen LogP contribution is -2.40. The van der Waals surface area contributed by atoms with Gasteiger partial charge in [0.2, 0.25) is 0 Å². The molecule has 1 aliphatic rings. The second kappa shape index (κ2) is 7.42. The van der Waals surface area contributed by atoms with E-state index in [0.29, 0.717) is 23.6 Å². The first-order chi connectivity index (χ1) is 13.6. The minimum absolute atomic E-state index is 0.0646. The molecule has 0 aromatic heterocycles. The first-order valence-corrected chi connectivity index (χ1v) is 8.88. The molecule has 0 spiro atoms. The van der Waals surface area contributed by atoms with Crippen molar-refractivity contribution in [1.29, 1.82) is 0 Å². The van der Waals surface area contributed by atoms with Crippen LogP contribution in [0.3, 0.4) is 0 Å². The Morgan fingerprint density at radius 2 is 1.76 bits per heavy atom. The van der Waals surface area contributed by atoms with Crippen LogP contribution in [0.4, 0.5) is 13.2 Å². The van der Waals surface area contributed by atoms with Crippen molar-refractivity contribution in [3.05, 3.63) is 59.2 Å². The van der Waals surface area contributed by atoms with Crippen LogP contribution >= 0.6 is 0 Å². The predicted molar refractivity (Wildman–Crippen MR) is 102 cm³/mol. The fourth-order valence-corrected chi connectivity index (χ4v) is 3.22. The molecule has 0 bridgehead atoms. The number of benzene rings is 2. The maximum atomic E-state index is 13.0. The van der Waals surface area contributed by atoms with Crippen LogP contribution in [0.5, 0.6) is 11.5 Å². The first-order valence-electron chi connectivity index (χ1n) is 8.88. The van der Waals surface area contributed by atoms with Crippen LogP contribution in [0.2, 0.25) is 0 Å². The third kappa shape index (κ3) is 4.06. The summed E-state index contributed by atoms with van der Waals surface area (Å²) in [5.41, 5.74) is -0.255. The zero-order chi connectivity index (χ0) is 21.4. The van der Waals surface area contributed by atoms with Gasteiger partial charge in [0, 0.05) is 17.5 Å². The zero-order valence-electron chi connectivity index (χ0n) is 16.5. The highest BCUT2D eigenvalue weighted by molar-refractivity contribution is 6.05. The number of amides is 1. The van der Waals surface area contributed by atoms with E-state index < -0.39 is 23.2 Å². The molecule has 1 aliphatic heterocycles. The molecule has 29 heavy (non-hydrogen) atoms. The standard InChI is InChI=1S/C21H21F3N2O3/c1-20(2)12-16(13-8-9-17(28-3)18(11-13)29-4)25-26(20)19(27)14-6-5-7-15(10-14)21(22,23)24/h5-11H,12H2,1-4H3. The van der Waals surface area contributed by atoms with Crippen LogP contribution < -0.4 is 9.47 Å². The molecule has 1 heterocycles. The van der Waals surface area contributed by atoms with Gasteiger partial charge in [0.15, 0.2) is 11.5 Å². The van der Waals surface area contributed by atoms with E-state index >= 15 is 0 Å². The van der Waals surface area contributed by atoms with Gasteiger partial charge in [-0.05, 0) is 50.2 Å². The summed E-state index contributed by atoms with van der Waals surface area (Å²) < 4.78 is 49.5. The van der Waals surface area contributed by atoms with Crippen LogP contribution in [-0.2, 0) is 6.18 Å². The van der Waals surface area contributed by atoms with E-state index in [4.69, 9.17) is 9.47 Å². The summed E-state index contributed by atoms with van der Waals surface area (Å²) in [6.45, 7) is 3.63. The molecule has 154 valence electrons. The van der Waals surface area contributed by atoms with Crippen molar-refractivity contribution in [2.45, 2.75) is 32.0 Å². The number of hydrazone groups is 1. The second-order valence-electron chi connectivity index (χ2n) is 7.30. The van der Waals surface area contributed by atoms with Crippen molar-refractivity contribution in [2.24, 2.45) is 5.10 Å². The molecule has 0 N–H and O–H groups in total. The van der Waals surface area contributed by atoms with Gasteiger partial charge in [0.1, 0.15) is 0 Å². The summed E-state index contributed by atoms with van der Waals surface area (Å²) in [5.74, 6) is 0.496. The lowest BCUT2D eigenvalue weighted by atomic mass is 9.94. The highest BCUT2D eigenvalue weighted by Gasteiger charge is 2.40. The summed E-state index contributed by atoms with van der Waals surface area (Å²) in [4.78, 5) is 12.9. The molecule has 0 fully saturated rings. The van der Waals surface area contributed by atoms with Gasteiger partial charge in [-0.3, -0.25) is 4.79 Å². The summed E-state index contributed by atoms with van der Waals surface area (Å²) in [7, 11) is 3.05. The van der Waals surface area contributed by atoms with Crippen LogP contribution in [-0.4, -0.2) is 36.4 Å². The molecule has 1 amide bonds. The summed E-state index contributed by atoms with van der Waals surface area (Å²) in [5, 5.41) is 5.68. The number of nitrogens with zero attached hydrogens (tertiary/aromatic N) is 2. The number of ether oxygens (including phenoxy) is 2. The SMILES string of the molecule is COc1ccc(C2=NN(C(=O)c3cccc(C(F)(F)F)c3)C(C)(C)C2)cc1OC. The van der Waals surface area contributed by atoms with E-state index in [9.17, 15) is 18.0 Å². The third-order valence-corrected chi connectivity index (χ3v) is 4.74. The molecule has 0 saturated carbocycles. The Kier molecular flexibility index (Phi) is 5.30. The van der Waals surface area contributed by atoms with E-state index in [-0.39, 0.29) is 5.56 Å². The van der Waals surface area contributed by atoms with Gasteiger partial charge in [-0.25, -0.2) is 5.01 Å². The number of alkyl halides is 3. The van der Waals surface area contributed by atoms with Gasteiger partial charge in [-0.15, -0.1) is 0 Å². The molecule has 0 aliphatic carbocycles. The maximum Gasteiger partial charge on any atom is 0.416 e. The molecule has 2 aromatic carbocycles. The molecule has 5 nitrogen and oxygen atoms in total. The number of hydrogen-bond acceptors (Lipinski definition) is 4. The van der Waals surface area contributed by atoms with Gasteiger partial charge < -0.3 is 9.47 Å². The lowest BCUT2D eigenvalue weighted by Gasteiger charge is -2.28. The smallest absolute Gasteiger partial charge is 0.416 e. The van der Waals surface area contributed by atoms with Crippen LogP contribution in [0, 0.1) is 0 Å². The molecular weight excluding hydrogens is 385 g/mol. The van der Waals surface area contributed by atoms with Gasteiger partial charge in [-0.2, -0.15) is 18.3 Å². The van der Waals surface area contributed by atoms with Crippen molar-refractivity contribution in [3.8, 4) is 11.5 Å². The van der Waals surface area contributed by atoms with Crippen molar-refractivity contribution < 1.29 is 27.4 Å².